The third-order valence-electron chi connectivity index (χ3n) is 3.96. The zero-order chi connectivity index (χ0) is 18.8. The first kappa shape index (κ1) is 18.5. The summed E-state index contributed by atoms with van der Waals surface area (Å²) in [6.07, 6.45) is 0.171. The van der Waals surface area contributed by atoms with Gasteiger partial charge in [0.2, 0.25) is 5.91 Å². The summed E-state index contributed by atoms with van der Waals surface area (Å²) in [6, 6.07) is 1.08. The molecule has 3 rings (SSSR count). The predicted octanol–water partition coefficient (Wildman–Crippen LogP) is 0.592. The predicted molar refractivity (Wildman–Crippen MR) is 94.3 cm³/mol. The van der Waals surface area contributed by atoms with Gasteiger partial charge in [-0.3, -0.25) is 19.3 Å². The van der Waals surface area contributed by atoms with Crippen molar-refractivity contribution in [3.05, 3.63) is 33.7 Å². The minimum absolute atomic E-state index is 0.164. The molecule has 0 aromatic carbocycles. The number of thioether (sulfide) groups is 1. The number of nitrogens with zero attached hydrogens (tertiary/aromatic N) is 1. The Morgan fingerprint density at radius 3 is 2.81 bits per heavy atom. The summed E-state index contributed by atoms with van der Waals surface area (Å²) in [5.74, 6) is -2.23. The largest absolute Gasteiger partial charge is 0.477 e. The quantitative estimate of drug-likeness (QED) is 0.534. The Kier molecular flexibility index (Phi) is 5.33. The molecule has 1 fully saturated rings. The molecule has 2 amide bonds. The van der Waals surface area contributed by atoms with Crippen LogP contribution in [-0.2, 0) is 30.3 Å². The molecule has 3 heterocycles. The van der Waals surface area contributed by atoms with Gasteiger partial charge in [0, 0.05) is 18.2 Å². The second-order valence-electron chi connectivity index (χ2n) is 5.80. The van der Waals surface area contributed by atoms with E-state index >= 15 is 0 Å². The van der Waals surface area contributed by atoms with Gasteiger partial charge in [0.15, 0.2) is 0 Å². The molecule has 1 aromatic rings. The molecule has 1 saturated heterocycles. The van der Waals surface area contributed by atoms with Gasteiger partial charge in [0.05, 0.1) is 6.42 Å². The van der Waals surface area contributed by atoms with E-state index in [1.54, 1.807) is 0 Å². The lowest BCUT2D eigenvalue weighted by Crippen LogP contribution is -2.70. The van der Waals surface area contributed by atoms with Crippen LogP contribution in [0.2, 0.25) is 0 Å². The number of fused-ring (bicyclic) bond motifs is 1. The summed E-state index contributed by atoms with van der Waals surface area (Å²) < 4.78 is 4.87. The number of carboxylic acid groups (broad SMARTS) is 1. The Hall–Kier alpha value is -2.33. The zero-order valence-electron chi connectivity index (χ0n) is 13.8. The van der Waals surface area contributed by atoms with Gasteiger partial charge >= 0.3 is 11.9 Å². The molecule has 10 heteroatoms. The van der Waals surface area contributed by atoms with E-state index in [-0.39, 0.29) is 24.6 Å². The number of nitrogens with one attached hydrogen (secondary N) is 1. The Labute approximate surface area is 157 Å². The third kappa shape index (κ3) is 3.61. The first-order valence-electron chi connectivity index (χ1n) is 7.72. The summed E-state index contributed by atoms with van der Waals surface area (Å²) >= 11 is 2.82. The highest BCUT2D eigenvalue weighted by atomic mass is 32.2. The van der Waals surface area contributed by atoms with Crippen molar-refractivity contribution in [2.45, 2.75) is 24.8 Å². The highest BCUT2D eigenvalue weighted by molar-refractivity contribution is 8.00. The maximum absolute atomic E-state index is 12.4. The summed E-state index contributed by atoms with van der Waals surface area (Å²) in [7, 11) is 0. The average Bonchev–Trinajstić information content (AvgIpc) is 3.09. The molecule has 2 atom stereocenters. The minimum Gasteiger partial charge on any atom is -0.477 e. The van der Waals surface area contributed by atoms with Crippen LogP contribution >= 0.6 is 23.1 Å². The van der Waals surface area contributed by atoms with Crippen molar-refractivity contribution < 1.29 is 29.0 Å². The number of carboxylic acids is 1. The van der Waals surface area contributed by atoms with Gasteiger partial charge in [-0.15, -0.1) is 11.8 Å². The molecular formula is C16H16N2O6S2. The van der Waals surface area contributed by atoms with Crippen LogP contribution < -0.4 is 5.32 Å². The second kappa shape index (κ2) is 7.50. The second-order valence-corrected chi connectivity index (χ2v) is 7.69. The van der Waals surface area contributed by atoms with E-state index in [2.05, 4.69) is 5.32 Å². The molecule has 26 heavy (non-hydrogen) atoms. The molecular weight excluding hydrogens is 380 g/mol. The van der Waals surface area contributed by atoms with E-state index in [1.165, 1.54) is 30.0 Å². The van der Waals surface area contributed by atoms with Gasteiger partial charge in [0.1, 0.15) is 23.7 Å². The Morgan fingerprint density at radius 2 is 2.19 bits per heavy atom. The van der Waals surface area contributed by atoms with E-state index in [0.29, 0.717) is 11.3 Å². The Balaban J connectivity index is 1.69. The van der Waals surface area contributed by atoms with E-state index in [1.807, 2.05) is 16.8 Å². The van der Waals surface area contributed by atoms with Crippen LogP contribution in [0.25, 0.3) is 0 Å². The van der Waals surface area contributed by atoms with Crippen LogP contribution in [0.5, 0.6) is 0 Å². The van der Waals surface area contributed by atoms with Crippen molar-refractivity contribution in [2.75, 3.05) is 12.4 Å². The van der Waals surface area contributed by atoms with E-state index < -0.39 is 29.3 Å². The van der Waals surface area contributed by atoms with Crippen LogP contribution in [0.4, 0.5) is 0 Å². The fourth-order valence-corrected chi connectivity index (χ4v) is 4.78. The summed E-state index contributed by atoms with van der Waals surface area (Å²) in [6.45, 7) is 1.06. The highest BCUT2D eigenvalue weighted by Gasteiger charge is 2.54. The molecule has 1 aromatic heterocycles. The average molecular weight is 396 g/mol. The Bertz CT molecular complexity index is 789. The molecule has 0 unspecified atom stereocenters. The number of β-lactam (4-membered cyclic amide) rings is 1. The summed E-state index contributed by atoms with van der Waals surface area (Å²) in [4.78, 5) is 48.3. The summed E-state index contributed by atoms with van der Waals surface area (Å²) in [5, 5.41) is 15.4. The van der Waals surface area contributed by atoms with Gasteiger partial charge in [-0.1, -0.05) is 0 Å². The van der Waals surface area contributed by atoms with Gasteiger partial charge in [-0.05, 0) is 22.4 Å². The van der Waals surface area contributed by atoms with Crippen molar-refractivity contribution in [3.63, 3.8) is 0 Å². The number of hydrogen-bond donors (Lipinski definition) is 2. The van der Waals surface area contributed by atoms with Crippen molar-refractivity contribution in [2.24, 2.45) is 0 Å². The molecule has 2 N–H and O–H groups in total. The fraction of sp³-hybridized carbons (Fsp3) is 0.375. The molecule has 0 radical (unpaired) electrons. The van der Waals surface area contributed by atoms with E-state index in [4.69, 9.17) is 4.74 Å². The van der Waals surface area contributed by atoms with Crippen molar-refractivity contribution in [1.29, 1.82) is 0 Å². The normalized spacial score (nSPS) is 21.7. The van der Waals surface area contributed by atoms with Crippen LogP contribution in [0.15, 0.2) is 28.1 Å². The molecule has 0 aliphatic carbocycles. The lowest BCUT2D eigenvalue weighted by Gasteiger charge is -2.49. The number of aliphatic carboxylic acids is 1. The lowest BCUT2D eigenvalue weighted by atomic mass is 10.0. The number of carbonyl (C=O) groups excluding carboxylic acids is 3. The molecule has 0 spiro atoms. The number of hydrogen-bond acceptors (Lipinski definition) is 7. The monoisotopic (exact) mass is 396 g/mol. The van der Waals surface area contributed by atoms with Crippen LogP contribution in [0.3, 0.4) is 0 Å². The first-order chi connectivity index (χ1) is 12.4. The van der Waals surface area contributed by atoms with Crippen molar-refractivity contribution in [1.82, 2.24) is 10.2 Å². The van der Waals surface area contributed by atoms with Crippen LogP contribution in [0, 0.1) is 0 Å². The van der Waals surface area contributed by atoms with Gasteiger partial charge < -0.3 is 15.2 Å². The maximum Gasteiger partial charge on any atom is 0.352 e. The number of amides is 2. The zero-order valence-corrected chi connectivity index (χ0v) is 15.4. The number of ether oxygens (including phenoxy) is 1. The first-order valence-corrected chi connectivity index (χ1v) is 9.71. The standard InChI is InChI=1S/C16H16N2O6S2/c1-8(19)24-5-10-7-26-15-12(14(21)18(15)13(10)16(22)23)17-11(20)4-9-2-3-25-6-9/h2-3,6,12,15H,4-5,7H2,1H3,(H,17,20)(H,22,23)/t12-,15-/m0/s1. The third-order valence-corrected chi connectivity index (χ3v) is 6.03. The van der Waals surface area contributed by atoms with E-state index in [0.717, 1.165) is 10.5 Å². The lowest BCUT2D eigenvalue weighted by molar-refractivity contribution is -0.151. The number of carbonyl (C=O) groups is 4. The molecule has 8 nitrogen and oxygen atoms in total. The van der Waals surface area contributed by atoms with Crippen molar-refractivity contribution >= 4 is 46.9 Å². The van der Waals surface area contributed by atoms with E-state index in [9.17, 15) is 24.3 Å². The van der Waals surface area contributed by atoms with Gasteiger partial charge in [-0.2, -0.15) is 11.3 Å². The molecule has 138 valence electrons. The van der Waals surface area contributed by atoms with Crippen molar-refractivity contribution in [3.8, 4) is 0 Å². The molecule has 2 aliphatic heterocycles. The number of rotatable bonds is 6. The number of esters is 1. The molecule has 0 bridgehead atoms. The minimum atomic E-state index is -1.26. The molecule has 2 aliphatic rings. The van der Waals surface area contributed by atoms with Crippen LogP contribution in [-0.4, -0.2) is 57.5 Å². The smallest absolute Gasteiger partial charge is 0.352 e. The SMILES string of the molecule is CC(=O)OCC1=C(C(=O)O)N2C(=O)[C@H](NC(=O)Cc3ccsc3)[C@@H]2SC1. The maximum atomic E-state index is 12.4. The topological polar surface area (TPSA) is 113 Å². The highest BCUT2D eigenvalue weighted by Crippen LogP contribution is 2.40. The fourth-order valence-electron chi connectivity index (χ4n) is 2.79. The summed E-state index contributed by atoms with van der Waals surface area (Å²) in [5.41, 5.74) is 1.07. The van der Waals surface area contributed by atoms with Gasteiger partial charge in [-0.25, -0.2) is 4.79 Å². The molecule has 0 saturated carbocycles. The van der Waals surface area contributed by atoms with Gasteiger partial charge in [0.25, 0.3) is 5.91 Å². The number of thiophene rings is 1. The Morgan fingerprint density at radius 1 is 1.42 bits per heavy atom. The van der Waals surface area contributed by atoms with Crippen LogP contribution in [0.1, 0.15) is 12.5 Å².